The summed E-state index contributed by atoms with van der Waals surface area (Å²) in [5.74, 6) is 0.328. The first-order valence-electron chi connectivity index (χ1n) is 9.47. The number of sulfone groups is 1. The van der Waals surface area contributed by atoms with Gasteiger partial charge in [-0.05, 0) is 25.3 Å². The molecule has 2 aromatic heterocycles. The zero-order valence-electron chi connectivity index (χ0n) is 16.3. The molecular formula is C19H19F3N6O2S. The predicted molar refractivity (Wildman–Crippen MR) is 108 cm³/mol. The van der Waals surface area contributed by atoms with Crippen LogP contribution in [0.3, 0.4) is 0 Å². The van der Waals surface area contributed by atoms with Crippen LogP contribution in [0.4, 0.5) is 30.8 Å². The van der Waals surface area contributed by atoms with Crippen LogP contribution in [0.5, 0.6) is 0 Å². The molecule has 8 nitrogen and oxygen atoms in total. The quantitative estimate of drug-likeness (QED) is 0.490. The Morgan fingerprint density at radius 2 is 1.90 bits per heavy atom. The third-order valence-electron chi connectivity index (χ3n) is 4.84. The number of alkyl halides is 3. The molecule has 0 amide bonds. The number of H-pyrrole nitrogens is 1. The van der Waals surface area contributed by atoms with Crippen LogP contribution in [-0.2, 0) is 9.84 Å². The summed E-state index contributed by atoms with van der Waals surface area (Å²) in [5, 5.41) is 12.5. The van der Waals surface area contributed by atoms with Crippen molar-refractivity contribution in [3.05, 3.63) is 53.9 Å². The van der Waals surface area contributed by atoms with Gasteiger partial charge in [0, 0.05) is 18.0 Å². The van der Waals surface area contributed by atoms with Crippen LogP contribution in [0.2, 0.25) is 0 Å². The van der Waals surface area contributed by atoms with E-state index in [4.69, 9.17) is 0 Å². The summed E-state index contributed by atoms with van der Waals surface area (Å²) >= 11 is 0. The van der Waals surface area contributed by atoms with Gasteiger partial charge in [0.1, 0.15) is 10.7 Å². The molecule has 0 saturated heterocycles. The minimum atomic E-state index is -5.66. The topological polar surface area (TPSA) is 113 Å². The molecule has 0 bridgehead atoms. The van der Waals surface area contributed by atoms with E-state index < -0.39 is 32.1 Å². The van der Waals surface area contributed by atoms with Crippen molar-refractivity contribution in [3.8, 4) is 0 Å². The van der Waals surface area contributed by atoms with Gasteiger partial charge in [-0.1, -0.05) is 30.3 Å². The van der Waals surface area contributed by atoms with E-state index in [1.807, 2.05) is 0 Å². The number of hydrogen-bond acceptors (Lipinski definition) is 7. The molecule has 1 aromatic carbocycles. The number of nitrogens with one attached hydrogen (secondary N) is 3. The first-order valence-corrected chi connectivity index (χ1v) is 11.0. The SMILES string of the molecule is CC(Nc1nc(Nc2cc(C3CC3)n[nH]2)ncc1S(=O)(=O)C(F)(F)F)c1ccccc1. The van der Waals surface area contributed by atoms with Crippen molar-refractivity contribution in [1.82, 2.24) is 20.2 Å². The average Bonchev–Trinajstić information content (AvgIpc) is 3.47. The van der Waals surface area contributed by atoms with Crippen molar-refractivity contribution in [2.75, 3.05) is 10.6 Å². The third-order valence-corrected chi connectivity index (χ3v) is 6.33. The molecular weight excluding hydrogens is 433 g/mol. The molecule has 1 saturated carbocycles. The van der Waals surface area contributed by atoms with Crippen LogP contribution in [0, 0.1) is 0 Å². The molecule has 1 atom stereocenters. The fourth-order valence-electron chi connectivity index (χ4n) is 3.00. The van der Waals surface area contributed by atoms with Crippen LogP contribution in [0.1, 0.15) is 43.0 Å². The maximum atomic E-state index is 13.2. The van der Waals surface area contributed by atoms with E-state index in [1.165, 1.54) is 0 Å². The van der Waals surface area contributed by atoms with Crippen molar-refractivity contribution in [2.45, 2.75) is 42.1 Å². The molecule has 0 aliphatic heterocycles. The first kappa shape index (κ1) is 21.1. The van der Waals surface area contributed by atoms with E-state index in [-0.39, 0.29) is 5.95 Å². The van der Waals surface area contributed by atoms with Gasteiger partial charge in [0.2, 0.25) is 5.95 Å². The summed E-state index contributed by atoms with van der Waals surface area (Å²) in [7, 11) is -5.66. The number of aromatic amines is 1. The lowest BCUT2D eigenvalue weighted by Crippen LogP contribution is -2.25. The van der Waals surface area contributed by atoms with Crippen LogP contribution < -0.4 is 10.6 Å². The van der Waals surface area contributed by atoms with Gasteiger partial charge in [-0.3, -0.25) is 5.10 Å². The molecule has 0 radical (unpaired) electrons. The summed E-state index contributed by atoms with van der Waals surface area (Å²) in [5.41, 5.74) is -3.87. The number of rotatable bonds is 7. The second kappa shape index (κ2) is 7.84. The highest BCUT2D eigenvalue weighted by Crippen LogP contribution is 2.40. The molecule has 2 heterocycles. The highest BCUT2D eigenvalue weighted by atomic mass is 32.2. The molecule has 1 unspecified atom stereocenters. The van der Waals surface area contributed by atoms with E-state index in [9.17, 15) is 21.6 Å². The number of nitrogens with zero attached hydrogens (tertiary/aromatic N) is 3. The molecule has 3 N–H and O–H groups in total. The smallest absolute Gasteiger partial charge is 0.362 e. The van der Waals surface area contributed by atoms with Crippen LogP contribution in [0.15, 0.2) is 47.5 Å². The second-order valence-electron chi connectivity index (χ2n) is 7.24. The Bertz CT molecular complexity index is 1180. The zero-order chi connectivity index (χ0) is 22.2. The van der Waals surface area contributed by atoms with Crippen molar-refractivity contribution < 1.29 is 21.6 Å². The largest absolute Gasteiger partial charge is 0.502 e. The van der Waals surface area contributed by atoms with E-state index in [1.54, 1.807) is 43.3 Å². The third kappa shape index (κ3) is 4.48. The van der Waals surface area contributed by atoms with Gasteiger partial charge >= 0.3 is 5.51 Å². The van der Waals surface area contributed by atoms with Gasteiger partial charge < -0.3 is 10.6 Å². The molecule has 1 fully saturated rings. The standard InChI is InChI=1S/C19H19F3N6O2S/c1-11(12-5-3-2-4-6-12)24-17-15(31(29,30)19(20,21)22)10-23-18(26-17)25-16-9-14(27-28-16)13-7-8-13/h2-6,9-11,13H,7-8H2,1H3,(H3,23,24,25,26,27,28). The number of halogens is 3. The molecule has 1 aliphatic carbocycles. The maximum Gasteiger partial charge on any atom is 0.502 e. The van der Waals surface area contributed by atoms with Gasteiger partial charge in [0.05, 0.1) is 11.9 Å². The highest BCUT2D eigenvalue weighted by Gasteiger charge is 2.49. The van der Waals surface area contributed by atoms with Gasteiger partial charge in [-0.2, -0.15) is 23.3 Å². The van der Waals surface area contributed by atoms with E-state index in [0.29, 0.717) is 17.9 Å². The number of anilines is 3. The fraction of sp³-hybridized carbons (Fsp3) is 0.316. The van der Waals surface area contributed by atoms with Crippen molar-refractivity contribution in [3.63, 3.8) is 0 Å². The van der Waals surface area contributed by atoms with Gasteiger partial charge in [-0.15, -0.1) is 0 Å². The van der Waals surface area contributed by atoms with E-state index in [2.05, 4.69) is 30.8 Å². The molecule has 1 aliphatic rings. The normalized spacial score (nSPS) is 15.5. The van der Waals surface area contributed by atoms with E-state index in [0.717, 1.165) is 24.1 Å². The van der Waals surface area contributed by atoms with Gasteiger partial charge in [0.25, 0.3) is 9.84 Å². The number of aromatic nitrogens is 4. The van der Waals surface area contributed by atoms with Gasteiger partial charge in [-0.25, -0.2) is 13.4 Å². The lowest BCUT2D eigenvalue weighted by Gasteiger charge is -2.18. The van der Waals surface area contributed by atoms with Crippen molar-refractivity contribution in [1.29, 1.82) is 0 Å². The lowest BCUT2D eigenvalue weighted by atomic mass is 10.1. The van der Waals surface area contributed by atoms with Gasteiger partial charge in [0.15, 0.2) is 5.82 Å². The fourth-order valence-corrected chi connectivity index (χ4v) is 3.80. The van der Waals surface area contributed by atoms with Crippen LogP contribution in [0.25, 0.3) is 0 Å². The minimum absolute atomic E-state index is 0.0742. The highest BCUT2D eigenvalue weighted by molar-refractivity contribution is 7.92. The van der Waals surface area contributed by atoms with E-state index >= 15 is 0 Å². The number of benzene rings is 1. The van der Waals surface area contributed by atoms with Crippen molar-refractivity contribution in [2.24, 2.45) is 0 Å². The molecule has 4 rings (SSSR count). The Morgan fingerprint density at radius 1 is 1.19 bits per heavy atom. The molecule has 164 valence electrons. The summed E-state index contributed by atoms with van der Waals surface area (Å²) < 4.78 is 63.7. The zero-order valence-corrected chi connectivity index (χ0v) is 17.1. The summed E-state index contributed by atoms with van der Waals surface area (Å²) in [6, 6.07) is 10.1. The predicted octanol–water partition coefficient (Wildman–Crippen LogP) is 4.29. The summed E-state index contributed by atoms with van der Waals surface area (Å²) in [6.45, 7) is 1.69. The number of hydrogen-bond donors (Lipinski definition) is 3. The summed E-state index contributed by atoms with van der Waals surface area (Å²) in [4.78, 5) is 6.75. The second-order valence-corrected chi connectivity index (χ2v) is 9.15. The Labute approximate surface area is 176 Å². The minimum Gasteiger partial charge on any atom is -0.362 e. The first-order chi connectivity index (χ1) is 14.6. The summed E-state index contributed by atoms with van der Waals surface area (Å²) in [6.07, 6.45) is 2.75. The molecule has 0 spiro atoms. The molecule has 31 heavy (non-hydrogen) atoms. The maximum absolute atomic E-state index is 13.2. The Morgan fingerprint density at radius 3 is 2.55 bits per heavy atom. The average molecular weight is 452 g/mol. The van der Waals surface area contributed by atoms with Crippen LogP contribution in [-0.4, -0.2) is 34.1 Å². The Balaban J connectivity index is 1.67. The Kier molecular flexibility index (Phi) is 5.33. The van der Waals surface area contributed by atoms with Crippen LogP contribution >= 0.6 is 0 Å². The van der Waals surface area contributed by atoms with Crippen molar-refractivity contribution >= 4 is 27.4 Å². The monoisotopic (exact) mass is 452 g/mol. The molecule has 3 aromatic rings. The molecule has 12 heteroatoms. The lowest BCUT2D eigenvalue weighted by molar-refractivity contribution is -0.0436. The Hall–Kier alpha value is -3.15.